The molecule has 2 N–H and O–H groups in total. The van der Waals surface area contributed by atoms with Gasteiger partial charge >= 0.3 is 0 Å². The van der Waals surface area contributed by atoms with Crippen molar-refractivity contribution in [2.45, 2.75) is 12.5 Å². The van der Waals surface area contributed by atoms with Gasteiger partial charge < -0.3 is 10.5 Å². The van der Waals surface area contributed by atoms with Gasteiger partial charge in [-0.15, -0.1) is 0 Å². The van der Waals surface area contributed by atoms with Crippen molar-refractivity contribution < 1.29 is 9.13 Å². The van der Waals surface area contributed by atoms with Crippen LogP contribution in [0.3, 0.4) is 0 Å². The third-order valence-electron chi connectivity index (χ3n) is 2.70. The predicted octanol–water partition coefficient (Wildman–Crippen LogP) is 3.43. The van der Waals surface area contributed by atoms with E-state index in [4.69, 9.17) is 22.1 Å². The molecule has 0 amide bonds. The van der Waals surface area contributed by atoms with Crippen molar-refractivity contribution in [1.29, 1.82) is 0 Å². The van der Waals surface area contributed by atoms with E-state index in [-0.39, 0.29) is 11.9 Å². The van der Waals surface area contributed by atoms with Crippen LogP contribution in [0.4, 0.5) is 4.39 Å². The van der Waals surface area contributed by atoms with Gasteiger partial charge in [-0.2, -0.15) is 0 Å². The second-order valence-electron chi connectivity index (χ2n) is 4.32. The largest absolute Gasteiger partial charge is 0.492 e. The Bertz CT molecular complexity index is 533. The SMILES string of the molecule is NC(COc1ccccc1)Cc1cc(F)ccc1Cl. The molecule has 0 aliphatic carbocycles. The van der Waals surface area contributed by atoms with Gasteiger partial charge in [-0.05, 0) is 42.3 Å². The number of nitrogens with two attached hydrogens (primary N) is 1. The third kappa shape index (κ3) is 4.23. The van der Waals surface area contributed by atoms with Crippen molar-refractivity contribution in [3.05, 3.63) is 64.9 Å². The van der Waals surface area contributed by atoms with E-state index in [0.717, 1.165) is 5.75 Å². The van der Waals surface area contributed by atoms with E-state index < -0.39 is 0 Å². The minimum atomic E-state index is -0.310. The fraction of sp³-hybridized carbons (Fsp3) is 0.200. The van der Waals surface area contributed by atoms with E-state index in [2.05, 4.69) is 0 Å². The summed E-state index contributed by atoms with van der Waals surface area (Å²) < 4.78 is 18.7. The Morgan fingerprint density at radius 2 is 1.89 bits per heavy atom. The van der Waals surface area contributed by atoms with Gasteiger partial charge in [0.15, 0.2) is 0 Å². The highest BCUT2D eigenvalue weighted by atomic mass is 35.5. The summed E-state index contributed by atoms with van der Waals surface area (Å²) in [5.41, 5.74) is 6.67. The Morgan fingerprint density at radius 1 is 1.16 bits per heavy atom. The molecule has 1 unspecified atom stereocenters. The fourth-order valence-electron chi connectivity index (χ4n) is 1.76. The van der Waals surface area contributed by atoms with Crippen LogP contribution >= 0.6 is 11.6 Å². The van der Waals surface area contributed by atoms with Gasteiger partial charge in [0, 0.05) is 11.1 Å². The molecule has 0 aliphatic heterocycles. The molecule has 0 fully saturated rings. The summed E-state index contributed by atoms with van der Waals surface area (Å²) in [5.74, 6) is 0.457. The van der Waals surface area contributed by atoms with Crippen molar-refractivity contribution in [2.24, 2.45) is 5.73 Å². The van der Waals surface area contributed by atoms with Crippen molar-refractivity contribution >= 4 is 11.6 Å². The number of ether oxygens (including phenoxy) is 1. The monoisotopic (exact) mass is 279 g/mol. The van der Waals surface area contributed by atoms with E-state index in [1.54, 1.807) is 0 Å². The molecular weight excluding hydrogens is 265 g/mol. The molecule has 2 aromatic carbocycles. The molecular formula is C15H15ClFNO. The average molecular weight is 280 g/mol. The van der Waals surface area contributed by atoms with E-state index >= 15 is 0 Å². The van der Waals surface area contributed by atoms with E-state index in [9.17, 15) is 4.39 Å². The topological polar surface area (TPSA) is 35.2 Å². The lowest BCUT2D eigenvalue weighted by Crippen LogP contribution is -2.30. The first kappa shape index (κ1) is 13.8. The lowest BCUT2D eigenvalue weighted by Gasteiger charge is -2.14. The Kier molecular flexibility index (Phi) is 4.77. The second kappa shape index (κ2) is 6.55. The number of hydrogen-bond donors (Lipinski definition) is 1. The first-order chi connectivity index (χ1) is 9.15. The minimum Gasteiger partial charge on any atom is -0.492 e. The van der Waals surface area contributed by atoms with Gasteiger partial charge in [-0.1, -0.05) is 29.8 Å². The van der Waals surface area contributed by atoms with Gasteiger partial charge in [-0.25, -0.2) is 4.39 Å². The maximum atomic E-state index is 13.1. The highest BCUT2D eigenvalue weighted by Gasteiger charge is 2.09. The van der Waals surface area contributed by atoms with Crippen LogP contribution in [0.25, 0.3) is 0 Å². The molecule has 0 spiro atoms. The summed E-state index contributed by atoms with van der Waals surface area (Å²) in [7, 11) is 0. The molecule has 1 atom stereocenters. The Balaban J connectivity index is 1.90. The summed E-state index contributed by atoms with van der Waals surface area (Å²) >= 11 is 5.99. The molecule has 0 aliphatic rings. The summed E-state index contributed by atoms with van der Waals surface area (Å²) in [6.07, 6.45) is 0.476. The molecule has 0 bridgehead atoms. The van der Waals surface area contributed by atoms with Crippen LogP contribution in [-0.4, -0.2) is 12.6 Å². The Labute approximate surface area is 117 Å². The molecule has 2 nitrogen and oxygen atoms in total. The molecule has 2 rings (SSSR count). The fourth-order valence-corrected chi connectivity index (χ4v) is 1.96. The molecule has 100 valence electrons. The highest BCUT2D eigenvalue weighted by molar-refractivity contribution is 6.31. The van der Waals surface area contributed by atoms with Crippen LogP contribution in [0.1, 0.15) is 5.56 Å². The van der Waals surface area contributed by atoms with Gasteiger partial charge in [0.05, 0.1) is 0 Å². The maximum absolute atomic E-state index is 13.1. The molecule has 0 saturated heterocycles. The number of hydrogen-bond acceptors (Lipinski definition) is 2. The first-order valence-corrected chi connectivity index (χ1v) is 6.40. The Hall–Kier alpha value is -1.58. The quantitative estimate of drug-likeness (QED) is 0.910. The van der Waals surface area contributed by atoms with Gasteiger partial charge in [0.25, 0.3) is 0 Å². The standard InChI is InChI=1S/C15H15ClFNO/c16-15-7-6-12(17)8-11(15)9-13(18)10-19-14-4-2-1-3-5-14/h1-8,13H,9-10,18H2. The number of rotatable bonds is 5. The minimum absolute atomic E-state index is 0.237. The van der Waals surface area contributed by atoms with Crippen LogP contribution in [0.5, 0.6) is 5.75 Å². The lowest BCUT2D eigenvalue weighted by atomic mass is 10.1. The van der Waals surface area contributed by atoms with Crippen LogP contribution in [-0.2, 0) is 6.42 Å². The molecule has 0 saturated carbocycles. The summed E-state index contributed by atoms with van der Waals surface area (Å²) in [5, 5.41) is 0.525. The smallest absolute Gasteiger partial charge is 0.123 e. The number of benzene rings is 2. The van der Waals surface area contributed by atoms with Crippen LogP contribution in [0.15, 0.2) is 48.5 Å². The van der Waals surface area contributed by atoms with Crippen LogP contribution < -0.4 is 10.5 Å². The predicted molar refractivity (Wildman–Crippen MR) is 75.0 cm³/mol. The average Bonchev–Trinajstić information content (AvgIpc) is 2.42. The van der Waals surface area contributed by atoms with Crippen molar-refractivity contribution in [1.82, 2.24) is 0 Å². The highest BCUT2D eigenvalue weighted by Crippen LogP contribution is 2.18. The summed E-state index contributed by atoms with van der Waals surface area (Å²) in [6.45, 7) is 0.358. The zero-order valence-electron chi connectivity index (χ0n) is 10.4. The van der Waals surface area contributed by atoms with E-state index in [0.29, 0.717) is 23.6 Å². The van der Waals surface area contributed by atoms with Crippen molar-refractivity contribution in [3.8, 4) is 5.75 Å². The first-order valence-electron chi connectivity index (χ1n) is 6.02. The number of halogens is 2. The zero-order chi connectivity index (χ0) is 13.7. The number of para-hydroxylation sites is 1. The molecule has 2 aromatic rings. The molecule has 0 aromatic heterocycles. The maximum Gasteiger partial charge on any atom is 0.123 e. The molecule has 0 heterocycles. The Morgan fingerprint density at radius 3 is 2.63 bits per heavy atom. The third-order valence-corrected chi connectivity index (χ3v) is 3.07. The zero-order valence-corrected chi connectivity index (χ0v) is 11.1. The normalized spacial score (nSPS) is 12.2. The summed E-state index contributed by atoms with van der Waals surface area (Å²) in [6, 6.07) is 13.5. The molecule has 4 heteroatoms. The van der Waals surface area contributed by atoms with Gasteiger partial charge in [0.1, 0.15) is 18.2 Å². The van der Waals surface area contributed by atoms with E-state index in [1.165, 1.54) is 18.2 Å². The second-order valence-corrected chi connectivity index (χ2v) is 4.73. The lowest BCUT2D eigenvalue weighted by molar-refractivity contribution is 0.287. The molecule has 0 radical (unpaired) electrons. The van der Waals surface area contributed by atoms with Crippen LogP contribution in [0, 0.1) is 5.82 Å². The van der Waals surface area contributed by atoms with Crippen LogP contribution in [0.2, 0.25) is 5.02 Å². The van der Waals surface area contributed by atoms with Crippen molar-refractivity contribution in [3.63, 3.8) is 0 Å². The van der Waals surface area contributed by atoms with Crippen molar-refractivity contribution in [2.75, 3.05) is 6.61 Å². The summed E-state index contributed by atoms with van der Waals surface area (Å²) in [4.78, 5) is 0. The van der Waals surface area contributed by atoms with E-state index in [1.807, 2.05) is 30.3 Å². The molecule has 19 heavy (non-hydrogen) atoms. The van der Waals surface area contributed by atoms with Gasteiger partial charge in [0.2, 0.25) is 0 Å². The van der Waals surface area contributed by atoms with Gasteiger partial charge in [-0.3, -0.25) is 0 Å².